The molecule has 0 spiro atoms. The van der Waals surface area contributed by atoms with Gasteiger partial charge in [-0.05, 0) is 46.6 Å². The van der Waals surface area contributed by atoms with Crippen LogP contribution < -0.4 is 5.32 Å². The molecule has 27 heavy (non-hydrogen) atoms. The lowest BCUT2D eigenvalue weighted by Gasteiger charge is -2.11. The number of para-hydroxylation sites is 1. The molecule has 0 aliphatic rings. The number of fused-ring (bicyclic) bond motifs is 2. The third-order valence-electron chi connectivity index (χ3n) is 4.65. The van der Waals surface area contributed by atoms with Gasteiger partial charge in [0.25, 0.3) is 0 Å². The van der Waals surface area contributed by atoms with Gasteiger partial charge in [0.15, 0.2) is 5.65 Å². The van der Waals surface area contributed by atoms with Gasteiger partial charge in [-0.25, -0.2) is 4.98 Å². The number of aryl methyl sites for hydroxylation is 1. The van der Waals surface area contributed by atoms with Crippen LogP contribution in [0, 0.1) is 6.92 Å². The maximum Gasteiger partial charge on any atom is 0.157 e. The zero-order chi connectivity index (χ0) is 18.4. The summed E-state index contributed by atoms with van der Waals surface area (Å²) in [7, 11) is 0. The highest BCUT2D eigenvalue weighted by molar-refractivity contribution is 9.10. The molecule has 0 fully saturated rings. The Kier molecular flexibility index (Phi) is 3.72. The van der Waals surface area contributed by atoms with E-state index in [-0.39, 0.29) is 0 Å². The molecule has 2 N–H and O–H groups in total. The Balaban J connectivity index is 1.74. The van der Waals surface area contributed by atoms with E-state index in [1.54, 1.807) is 12.4 Å². The fraction of sp³-hybridized carbons (Fsp3) is 0.0476. The van der Waals surface area contributed by atoms with Crippen molar-refractivity contribution < 1.29 is 0 Å². The van der Waals surface area contributed by atoms with Crippen LogP contribution in [0.25, 0.3) is 27.8 Å². The number of H-pyrrole nitrogens is 1. The minimum Gasteiger partial charge on any atom is -0.360 e. The van der Waals surface area contributed by atoms with Crippen LogP contribution in [0.15, 0.2) is 71.7 Å². The fourth-order valence-electron chi connectivity index (χ4n) is 3.33. The van der Waals surface area contributed by atoms with Crippen LogP contribution in [0.1, 0.15) is 5.56 Å². The molecule has 0 unspecified atom stereocenters. The summed E-state index contributed by atoms with van der Waals surface area (Å²) in [6.07, 6.45) is 7.47. The topological polar surface area (TPSA) is 58.0 Å². The largest absolute Gasteiger partial charge is 0.360 e. The Bertz CT molecular complexity index is 1280. The van der Waals surface area contributed by atoms with Crippen molar-refractivity contribution in [1.82, 2.24) is 19.4 Å². The molecule has 0 amide bonds. The molecule has 6 heteroatoms. The number of benzene rings is 2. The van der Waals surface area contributed by atoms with Crippen LogP contribution in [-0.4, -0.2) is 19.4 Å². The molecule has 3 heterocycles. The van der Waals surface area contributed by atoms with Crippen molar-refractivity contribution in [1.29, 1.82) is 0 Å². The molecule has 132 valence electrons. The maximum absolute atomic E-state index is 4.85. The van der Waals surface area contributed by atoms with Crippen molar-refractivity contribution in [3.05, 3.63) is 77.3 Å². The number of nitrogens with one attached hydrogen (secondary N) is 2. The summed E-state index contributed by atoms with van der Waals surface area (Å²) in [5.41, 5.74) is 6.01. The van der Waals surface area contributed by atoms with Gasteiger partial charge < -0.3 is 10.3 Å². The van der Waals surface area contributed by atoms with Gasteiger partial charge in [0.05, 0.1) is 11.9 Å². The van der Waals surface area contributed by atoms with Crippen LogP contribution in [-0.2, 0) is 0 Å². The zero-order valence-corrected chi connectivity index (χ0v) is 16.2. The van der Waals surface area contributed by atoms with E-state index >= 15 is 0 Å². The number of rotatable bonds is 3. The summed E-state index contributed by atoms with van der Waals surface area (Å²) in [6.45, 7) is 2.08. The summed E-state index contributed by atoms with van der Waals surface area (Å²) >= 11 is 3.66. The highest BCUT2D eigenvalue weighted by Crippen LogP contribution is 2.36. The molecule has 3 aromatic heterocycles. The summed E-state index contributed by atoms with van der Waals surface area (Å²) in [4.78, 5) is 12.4. The molecule has 0 radical (unpaired) electrons. The minimum atomic E-state index is 0.795. The Morgan fingerprint density at radius 3 is 2.93 bits per heavy atom. The van der Waals surface area contributed by atoms with Gasteiger partial charge in [-0.2, -0.15) is 0 Å². The van der Waals surface area contributed by atoms with Gasteiger partial charge in [-0.3, -0.25) is 9.38 Å². The van der Waals surface area contributed by atoms with Crippen LogP contribution in [0.4, 0.5) is 11.5 Å². The first-order valence-electron chi connectivity index (χ1n) is 8.62. The Hall–Kier alpha value is -3.12. The normalized spacial score (nSPS) is 11.3. The fourth-order valence-corrected chi connectivity index (χ4v) is 3.92. The molecule has 0 atom stereocenters. The first kappa shape index (κ1) is 16.1. The van der Waals surface area contributed by atoms with Crippen LogP contribution in [0.2, 0.25) is 0 Å². The van der Waals surface area contributed by atoms with Gasteiger partial charge >= 0.3 is 0 Å². The second-order valence-corrected chi connectivity index (χ2v) is 7.32. The first-order chi connectivity index (χ1) is 13.2. The summed E-state index contributed by atoms with van der Waals surface area (Å²) < 4.78 is 3.03. The predicted molar refractivity (Wildman–Crippen MR) is 112 cm³/mol. The monoisotopic (exact) mass is 417 g/mol. The second-order valence-electron chi connectivity index (χ2n) is 6.47. The van der Waals surface area contributed by atoms with Gasteiger partial charge in [-0.1, -0.05) is 24.3 Å². The third kappa shape index (κ3) is 2.69. The van der Waals surface area contributed by atoms with Crippen LogP contribution in [0.3, 0.4) is 0 Å². The lowest BCUT2D eigenvalue weighted by Crippen LogP contribution is -1.98. The molecule has 0 aliphatic carbocycles. The smallest absolute Gasteiger partial charge is 0.157 e. The summed E-state index contributed by atoms with van der Waals surface area (Å²) in [5, 5.41) is 4.69. The standard InChI is InChI=1S/C21H16BrN5/c1-13-6-7-18(16(22)10-13)25-21-20(26-19-12-23-8-9-27(19)21)15-11-24-17-5-3-2-4-14(15)17/h2-12,24-25H,1H3. The number of imidazole rings is 1. The third-order valence-corrected chi connectivity index (χ3v) is 5.31. The maximum atomic E-state index is 4.85. The predicted octanol–water partition coefficient (Wildman–Crippen LogP) is 5.69. The second kappa shape index (κ2) is 6.25. The molecule has 5 rings (SSSR count). The molecule has 0 saturated heterocycles. The Morgan fingerprint density at radius 1 is 1.15 bits per heavy atom. The van der Waals surface area contributed by atoms with Crippen molar-refractivity contribution in [2.24, 2.45) is 0 Å². The average molecular weight is 418 g/mol. The van der Waals surface area contributed by atoms with E-state index in [4.69, 9.17) is 4.98 Å². The Labute approximate surface area is 164 Å². The molecule has 2 aromatic carbocycles. The lowest BCUT2D eigenvalue weighted by atomic mass is 10.1. The average Bonchev–Trinajstić information content (AvgIpc) is 3.25. The van der Waals surface area contributed by atoms with E-state index in [1.807, 2.05) is 28.9 Å². The van der Waals surface area contributed by atoms with Gasteiger partial charge in [0.2, 0.25) is 0 Å². The first-order valence-corrected chi connectivity index (χ1v) is 9.42. The van der Waals surface area contributed by atoms with Crippen LogP contribution in [0.5, 0.6) is 0 Å². The Morgan fingerprint density at radius 2 is 2.04 bits per heavy atom. The molecule has 0 saturated carbocycles. The van der Waals surface area contributed by atoms with Crippen molar-refractivity contribution in [3.63, 3.8) is 0 Å². The lowest BCUT2D eigenvalue weighted by molar-refractivity contribution is 1.13. The van der Waals surface area contributed by atoms with Crippen molar-refractivity contribution in [3.8, 4) is 11.3 Å². The number of hydrogen-bond donors (Lipinski definition) is 2. The van der Waals surface area contributed by atoms with Crippen molar-refractivity contribution >= 4 is 44.0 Å². The number of nitrogens with zero attached hydrogens (tertiary/aromatic N) is 3. The van der Waals surface area contributed by atoms with Gasteiger partial charge in [0.1, 0.15) is 11.5 Å². The van der Waals surface area contributed by atoms with E-state index in [9.17, 15) is 0 Å². The van der Waals surface area contributed by atoms with E-state index < -0.39 is 0 Å². The molecular weight excluding hydrogens is 402 g/mol. The minimum absolute atomic E-state index is 0.795. The van der Waals surface area contributed by atoms with E-state index in [1.165, 1.54) is 5.56 Å². The van der Waals surface area contributed by atoms with E-state index in [0.717, 1.165) is 43.8 Å². The number of aromatic nitrogens is 4. The molecule has 5 nitrogen and oxygen atoms in total. The number of anilines is 2. The number of hydrogen-bond acceptors (Lipinski definition) is 3. The number of aromatic amines is 1. The molecule has 0 bridgehead atoms. The highest BCUT2D eigenvalue weighted by atomic mass is 79.9. The number of halogens is 1. The molecule has 0 aliphatic heterocycles. The summed E-state index contributed by atoms with van der Waals surface area (Å²) in [5.74, 6) is 0.904. The molecular formula is C21H16BrN5. The van der Waals surface area contributed by atoms with Crippen molar-refractivity contribution in [2.75, 3.05) is 5.32 Å². The van der Waals surface area contributed by atoms with Crippen LogP contribution >= 0.6 is 15.9 Å². The van der Waals surface area contributed by atoms with Crippen molar-refractivity contribution in [2.45, 2.75) is 6.92 Å². The van der Waals surface area contributed by atoms with Gasteiger partial charge in [-0.15, -0.1) is 0 Å². The highest BCUT2D eigenvalue weighted by Gasteiger charge is 2.18. The SMILES string of the molecule is Cc1ccc(Nc2c(-c3c[nH]c4ccccc34)nc3cnccn23)c(Br)c1. The zero-order valence-electron chi connectivity index (χ0n) is 14.6. The van der Waals surface area contributed by atoms with E-state index in [2.05, 4.69) is 68.5 Å². The quantitative estimate of drug-likeness (QED) is 0.396. The molecule has 5 aromatic rings. The van der Waals surface area contributed by atoms with E-state index in [0.29, 0.717) is 0 Å². The van der Waals surface area contributed by atoms with Gasteiger partial charge in [0, 0.05) is 39.5 Å². The summed E-state index contributed by atoms with van der Waals surface area (Å²) in [6, 6.07) is 14.5.